The highest BCUT2D eigenvalue weighted by Gasteiger charge is 2.04. The standard InChI is InChI=1S/C12H16N2OS2/c1-9-5-3-6-10-11(9)14-12(16-10)13-7-4-8-17(2)15/h3,5-6H,4,7-8H2,1-2H3,(H,13,14). The minimum Gasteiger partial charge on any atom is -0.361 e. The Morgan fingerprint density at radius 3 is 3.00 bits per heavy atom. The molecule has 0 radical (unpaired) electrons. The lowest BCUT2D eigenvalue weighted by Crippen LogP contribution is -2.05. The summed E-state index contributed by atoms with van der Waals surface area (Å²) in [5.41, 5.74) is 2.29. The zero-order chi connectivity index (χ0) is 12.3. The van der Waals surface area contributed by atoms with E-state index in [0.717, 1.165) is 29.4 Å². The van der Waals surface area contributed by atoms with Crippen molar-refractivity contribution < 1.29 is 4.21 Å². The van der Waals surface area contributed by atoms with Gasteiger partial charge in [0.1, 0.15) is 0 Å². The molecule has 3 nitrogen and oxygen atoms in total. The summed E-state index contributed by atoms with van der Waals surface area (Å²) in [7, 11) is -0.699. The highest BCUT2D eigenvalue weighted by atomic mass is 32.2. The van der Waals surface area contributed by atoms with Gasteiger partial charge in [0.2, 0.25) is 0 Å². The summed E-state index contributed by atoms with van der Waals surface area (Å²) in [6.07, 6.45) is 2.65. The Labute approximate surface area is 108 Å². The summed E-state index contributed by atoms with van der Waals surface area (Å²) in [5, 5.41) is 4.24. The van der Waals surface area contributed by atoms with E-state index in [0.29, 0.717) is 0 Å². The van der Waals surface area contributed by atoms with E-state index in [1.54, 1.807) is 17.6 Å². The van der Waals surface area contributed by atoms with Crippen LogP contribution in [0.4, 0.5) is 5.13 Å². The highest BCUT2D eigenvalue weighted by molar-refractivity contribution is 7.84. The first-order valence-corrected chi connectivity index (χ1v) is 8.11. The lowest BCUT2D eigenvalue weighted by molar-refractivity contribution is 0.685. The molecule has 1 aromatic carbocycles. The van der Waals surface area contributed by atoms with E-state index >= 15 is 0 Å². The number of benzene rings is 1. The molecule has 0 aliphatic carbocycles. The van der Waals surface area contributed by atoms with Crippen LogP contribution in [0.2, 0.25) is 0 Å². The van der Waals surface area contributed by atoms with E-state index in [4.69, 9.17) is 0 Å². The number of rotatable bonds is 5. The second kappa shape index (κ2) is 5.60. The number of thiazole rings is 1. The lowest BCUT2D eigenvalue weighted by Gasteiger charge is -2.00. The van der Waals surface area contributed by atoms with Crippen molar-refractivity contribution in [3.63, 3.8) is 0 Å². The fraction of sp³-hybridized carbons (Fsp3) is 0.417. The lowest BCUT2D eigenvalue weighted by atomic mass is 10.2. The van der Waals surface area contributed by atoms with Crippen molar-refractivity contribution in [1.82, 2.24) is 4.98 Å². The van der Waals surface area contributed by atoms with Gasteiger partial charge >= 0.3 is 0 Å². The van der Waals surface area contributed by atoms with E-state index in [1.165, 1.54) is 10.3 Å². The summed E-state index contributed by atoms with van der Waals surface area (Å²) >= 11 is 1.67. The molecule has 92 valence electrons. The summed E-state index contributed by atoms with van der Waals surface area (Å²) in [4.78, 5) is 4.56. The van der Waals surface area contributed by atoms with Gasteiger partial charge in [0.15, 0.2) is 5.13 Å². The quantitative estimate of drug-likeness (QED) is 0.848. The molecule has 0 aliphatic heterocycles. The minimum absolute atomic E-state index is 0.699. The zero-order valence-corrected chi connectivity index (χ0v) is 11.7. The third-order valence-electron chi connectivity index (χ3n) is 2.51. The van der Waals surface area contributed by atoms with Crippen LogP contribution in [-0.4, -0.2) is 27.7 Å². The summed E-state index contributed by atoms with van der Waals surface area (Å²) in [6, 6.07) is 6.22. The molecule has 0 bridgehead atoms. The van der Waals surface area contributed by atoms with Crippen molar-refractivity contribution in [2.45, 2.75) is 13.3 Å². The number of aromatic nitrogens is 1. The first-order valence-electron chi connectivity index (χ1n) is 5.57. The first kappa shape index (κ1) is 12.5. The fourth-order valence-corrected chi connectivity index (χ4v) is 3.15. The van der Waals surface area contributed by atoms with Gasteiger partial charge in [-0.3, -0.25) is 4.21 Å². The van der Waals surface area contributed by atoms with Crippen LogP contribution in [0, 0.1) is 6.92 Å². The van der Waals surface area contributed by atoms with Crippen LogP contribution in [0.3, 0.4) is 0 Å². The predicted octanol–water partition coefficient (Wildman–Crippen LogP) is 2.79. The zero-order valence-electron chi connectivity index (χ0n) is 10.0. The van der Waals surface area contributed by atoms with Crippen molar-refractivity contribution in [1.29, 1.82) is 0 Å². The molecule has 0 saturated carbocycles. The number of nitrogens with zero attached hydrogens (tertiary/aromatic N) is 1. The van der Waals surface area contributed by atoms with Crippen molar-refractivity contribution in [2.24, 2.45) is 0 Å². The van der Waals surface area contributed by atoms with Gasteiger partial charge in [-0.25, -0.2) is 4.98 Å². The molecule has 0 fully saturated rings. The third kappa shape index (κ3) is 3.26. The second-order valence-corrected chi connectivity index (χ2v) is 6.58. The fourth-order valence-electron chi connectivity index (χ4n) is 1.63. The molecule has 0 aliphatic rings. The molecule has 1 aromatic heterocycles. The van der Waals surface area contributed by atoms with Crippen molar-refractivity contribution in [3.8, 4) is 0 Å². The SMILES string of the molecule is Cc1cccc2sc(NCCCS(C)=O)nc12. The highest BCUT2D eigenvalue weighted by Crippen LogP contribution is 2.27. The maximum Gasteiger partial charge on any atom is 0.183 e. The van der Waals surface area contributed by atoms with Gasteiger partial charge in [-0.15, -0.1) is 0 Å². The number of anilines is 1. The Morgan fingerprint density at radius 1 is 1.47 bits per heavy atom. The van der Waals surface area contributed by atoms with Gasteiger partial charge < -0.3 is 5.32 Å². The second-order valence-electron chi connectivity index (χ2n) is 4.00. The van der Waals surface area contributed by atoms with Crippen LogP contribution in [0.15, 0.2) is 18.2 Å². The Morgan fingerprint density at radius 2 is 2.29 bits per heavy atom. The van der Waals surface area contributed by atoms with E-state index in [2.05, 4.69) is 35.4 Å². The first-order chi connectivity index (χ1) is 8.16. The van der Waals surface area contributed by atoms with Gasteiger partial charge in [-0.1, -0.05) is 23.5 Å². The third-order valence-corrected chi connectivity index (χ3v) is 4.35. The van der Waals surface area contributed by atoms with Crippen LogP contribution in [0.1, 0.15) is 12.0 Å². The summed E-state index contributed by atoms with van der Waals surface area (Å²) in [6.45, 7) is 2.91. The Kier molecular flexibility index (Phi) is 4.12. The molecule has 17 heavy (non-hydrogen) atoms. The molecular formula is C12H16N2OS2. The molecule has 1 heterocycles. The Balaban J connectivity index is 2.00. The van der Waals surface area contributed by atoms with E-state index < -0.39 is 10.8 Å². The molecular weight excluding hydrogens is 252 g/mol. The molecule has 5 heteroatoms. The molecule has 2 rings (SSSR count). The van der Waals surface area contributed by atoms with Crippen LogP contribution in [-0.2, 0) is 10.8 Å². The average molecular weight is 268 g/mol. The van der Waals surface area contributed by atoms with Crippen molar-refractivity contribution in [2.75, 3.05) is 23.9 Å². The van der Waals surface area contributed by atoms with Crippen LogP contribution < -0.4 is 5.32 Å². The number of fused-ring (bicyclic) bond motifs is 1. The predicted molar refractivity (Wildman–Crippen MR) is 76.4 cm³/mol. The van der Waals surface area contributed by atoms with Gasteiger partial charge in [0, 0.05) is 29.4 Å². The number of nitrogens with one attached hydrogen (secondary N) is 1. The van der Waals surface area contributed by atoms with Gasteiger partial charge in [-0.2, -0.15) is 0 Å². The Bertz CT molecular complexity index is 536. The minimum atomic E-state index is -0.699. The molecule has 1 atom stereocenters. The van der Waals surface area contributed by atoms with E-state index in [9.17, 15) is 4.21 Å². The van der Waals surface area contributed by atoms with E-state index in [-0.39, 0.29) is 0 Å². The van der Waals surface area contributed by atoms with Gasteiger partial charge in [-0.05, 0) is 25.0 Å². The van der Waals surface area contributed by atoms with Gasteiger partial charge in [0.05, 0.1) is 10.2 Å². The molecule has 1 N–H and O–H groups in total. The molecule has 0 amide bonds. The average Bonchev–Trinajstić information content (AvgIpc) is 2.69. The van der Waals surface area contributed by atoms with Gasteiger partial charge in [0.25, 0.3) is 0 Å². The molecule has 1 unspecified atom stereocenters. The number of hydrogen-bond donors (Lipinski definition) is 1. The topological polar surface area (TPSA) is 42.0 Å². The number of aryl methyl sites for hydroxylation is 1. The Hall–Kier alpha value is -0.940. The number of para-hydroxylation sites is 1. The van der Waals surface area contributed by atoms with Crippen LogP contribution >= 0.6 is 11.3 Å². The van der Waals surface area contributed by atoms with E-state index in [1.807, 2.05) is 0 Å². The van der Waals surface area contributed by atoms with Crippen molar-refractivity contribution >= 4 is 37.5 Å². The summed E-state index contributed by atoms with van der Waals surface area (Å²) < 4.78 is 12.1. The van der Waals surface area contributed by atoms with Crippen molar-refractivity contribution in [3.05, 3.63) is 23.8 Å². The molecule has 2 aromatic rings. The normalized spacial score (nSPS) is 12.8. The smallest absolute Gasteiger partial charge is 0.183 e. The maximum absolute atomic E-state index is 10.9. The van der Waals surface area contributed by atoms with Crippen LogP contribution in [0.5, 0.6) is 0 Å². The summed E-state index contributed by atoms with van der Waals surface area (Å²) in [5.74, 6) is 0.747. The van der Waals surface area contributed by atoms with Crippen LogP contribution in [0.25, 0.3) is 10.2 Å². The largest absolute Gasteiger partial charge is 0.361 e. The maximum atomic E-state index is 10.9. The molecule has 0 spiro atoms. The molecule has 0 saturated heterocycles. The monoisotopic (exact) mass is 268 g/mol. The number of hydrogen-bond acceptors (Lipinski definition) is 4.